The number of allylic oxidation sites excluding steroid dienone is 4. The second kappa shape index (κ2) is 8.81. The maximum atomic E-state index is 6.57. The average molecular weight is 313 g/mol. The topological polar surface area (TPSA) is 35.2 Å². The zero-order chi connectivity index (χ0) is 16.7. The Hall–Kier alpha value is -1.70. The summed E-state index contributed by atoms with van der Waals surface area (Å²) in [5.74, 6) is 1.34. The van der Waals surface area contributed by atoms with Crippen molar-refractivity contribution in [3.63, 3.8) is 0 Å². The van der Waals surface area contributed by atoms with Crippen LogP contribution in [0.4, 0.5) is 5.69 Å². The summed E-state index contributed by atoms with van der Waals surface area (Å²) in [6.45, 7) is 4.39. The van der Waals surface area contributed by atoms with Crippen molar-refractivity contribution in [2.45, 2.75) is 64.7 Å². The fraction of sp³-hybridized carbons (Fsp3) is 0.524. The second-order valence-electron chi connectivity index (χ2n) is 6.50. The van der Waals surface area contributed by atoms with Crippen LogP contribution in [0.3, 0.4) is 0 Å². The van der Waals surface area contributed by atoms with Crippen LogP contribution < -0.4 is 10.5 Å². The fourth-order valence-electron chi connectivity index (χ4n) is 3.41. The number of methoxy groups -OCH3 is 1. The third-order valence-corrected chi connectivity index (χ3v) is 4.88. The molecule has 1 aromatic rings. The van der Waals surface area contributed by atoms with Crippen molar-refractivity contribution in [2.75, 3.05) is 12.8 Å². The first-order valence-corrected chi connectivity index (χ1v) is 8.98. The standard InChI is InChI=1S/C21H31NO/c1-4-5-6-7-11-14-18-16(2)20(23-3)15-19(21(18)22)17-12-9-8-10-13-17/h8-10,12,15,17H,4-7,11,13-14,22H2,1-3H3/t17-/m1/s1. The summed E-state index contributed by atoms with van der Waals surface area (Å²) in [6.07, 6.45) is 17.2. The molecule has 1 aliphatic carbocycles. The van der Waals surface area contributed by atoms with Crippen LogP contribution in [0.25, 0.3) is 0 Å². The van der Waals surface area contributed by atoms with E-state index in [4.69, 9.17) is 10.5 Å². The molecule has 1 atom stereocenters. The number of rotatable bonds is 8. The Balaban J connectivity index is 2.21. The number of nitrogens with two attached hydrogens (primary N) is 1. The lowest BCUT2D eigenvalue weighted by molar-refractivity contribution is 0.410. The van der Waals surface area contributed by atoms with Crippen LogP contribution in [0.5, 0.6) is 5.75 Å². The summed E-state index contributed by atoms with van der Waals surface area (Å²) < 4.78 is 5.62. The van der Waals surface area contributed by atoms with E-state index in [1.54, 1.807) is 7.11 Å². The van der Waals surface area contributed by atoms with E-state index in [1.807, 2.05) is 0 Å². The number of hydrogen-bond donors (Lipinski definition) is 1. The van der Waals surface area contributed by atoms with Gasteiger partial charge in [-0.15, -0.1) is 0 Å². The summed E-state index contributed by atoms with van der Waals surface area (Å²) in [7, 11) is 1.75. The molecule has 0 radical (unpaired) electrons. The molecule has 2 rings (SSSR count). The van der Waals surface area contributed by atoms with Gasteiger partial charge in [0.1, 0.15) is 5.75 Å². The minimum atomic E-state index is 0.369. The van der Waals surface area contributed by atoms with Crippen LogP contribution in [-0.4, -0.2) is 7.11 Å². The molecule has 0 spiro atoms. The van der Waals surface area contributed by atoms with Gasteiger partial charge in [0, 0.05) is 11.6 Å². The van der Waals surface area contributed by atoms with Gasteiger partial charge in [0.2, 0.25) is 0 Å². The highest BCUT2D eigenvalue weighted by Crippen LogP contribution is 2.38. The van der Waals surface area contributed by atoms with Crippen molar-refractivity contribution in [3.8, 4) is 5.75 Å². The quantitative estimate of drug-likeness (QED) is 0.493. The van der Waals surface area contributed by atoms with Crippen LogP contribution in [0.2, 0.25) is 0 Å². The van der Waals surface area contributed by atoms with Gasteiger partial charge in [-0.1, -0.05) is 56.9 Å². The van der Waals surface area contributed by atoms with E-state index >= 15 is 0 Å². The van der Waals surface area contributed by atoms with Crippen molar-refractivity contribution in [1.82, 2.24) is 0 Å². The molecule has 0 fully saturated rings. The van der Waals surface area contributed by atoms with E-state index in [-0.39, 0.29) is 0 Å². The summed E-state index contributed by atoms with van der Waals surface area (Å²) in [5, 5.41) is 0. The van der Waals surface area contributed by atoms with Gasteiger partial charge in [0.15, 0.2) is 0 Å². The monoisotopic (exact) mass is 313 g/mol. The Kier molecular flexibility index (Phi) is 6.76. The SMILES string of the molecule is CCCCCCCc1c(C)c(OC)cc([C@@H]2C=CC=CC2)c1N. The summed E-state index contributed by atoms with van der Waals surface area (Å²) in [6, 6.07) is 2.14. The van der Waals surface area contributed by atoms with Crippen molar-refractivity contribution in [2.24, 2.45) is 0 Å². The smallest absolute Gasteiger partial charge is 0.122 e. The van der Waals surface area contributed by atoms with Crippen LogP contribution in [0.15, 0.2) is 30.4 Å². The van der Waals surface area contributed by atoms with Gasteiger partial charge in [-0.05, 0) is 48.9 Å². The van der Waals surface area contributed by atoms with Crippen LogP contribution >= 0.6 is 0 Å². The van der Waals surface area contributed by atoms with Crippen LogP contribution in [0.1, 0.15) is 68.1 Å². The second-order valence-corrected chi connectivity index (χ2v) is 6.50. The van der Waals surface area contributed by atoms with Gasteiger partial charge in [-0.25, -0.2) is 0 Å². The van der Waals surface area contributed by atoms with E-state index in [0.29, 0.717) is 5.92 Å². The normalized spacial score (nSPS) is 16.7. The summed E-state index contributed by atoms with van der Waals surface area (Å²) in [5.41, 5.74) is 11.3. The largest absolute Gasteiger partial charge is 0.496 e. The maximum Gasteiger partial charge on any atom is 0.122 e. The van der Waals surface area contributed by atoms with Crippen LogP contribution in [-0.2, 0) is 6.42 Å². The number of ether oxygens (including phenoxy) is 1. The minimum Gasteiger partial charge on any atom is -0.496 e. The third kappa shape index (κ3) is 4.40. The molecule has 2 N–H and O–H groups in total. The Morgan fingerprint density at radius 3 is 2.61 bits per heavy atom. The highest BCUT2D eigenvalue weighted by molar-refractivity contribution is 5.63. The number of anilines is 1. The molecule has 0 aliphatic heterocycles. The molecule has 23 heavy (non-hydrogen) atoms. The molecule has 0 saturated carbocycles. The predicted molar refractivity (Wildman–Crippen MR) is 100 cm³/mol. The van der Waals surface area contributed by atoms with E-state index in [1.165, 1.54) is 48.8 Å². The zero-order valence-electron chi connectivity index (χ0n) is 14.9. The molecule has 0 aromatic heterocycles. The van der Waals surface area contributed by atoms with Crippen molar-refractivity contribution in [3.05, 3.63) is 47.1 Å². The molecule has 126 valence electrons. The summed E-state index contributed by atoms with van der Waals surface area (Å²) >= 11 is 0. The fourth-order valence-corrected chi connectivity index (χ4v) is 3.41. The van der Waals surface area contributed by atoms with Crippen molar-refractivity contribution < 1.29 is 4.74 Å². The van der Waals surface area contributed by atoms with Gasteiger partial charge in [0.05, 0.1) is 7.11 Å². The molecule has 2 nitrogen and oxygen atoms in total. The Morgan fingerprint density at radius 2 is 1.96 bits per heavy atom. The molecule has 1 aromatic carbocycles. The molecule has 0 amide bonds. The van der Waals surface area contributed by atoms with Gasteiger partial charge in [0.25, 0.3) is 0 Å². The molecule has 0 heterocycles. The molecular weight excluding hydrogens is 282 g/mol. The van der Waals surface area contributed by atoms with Crippen LogP contribution in [0, 0.1) is 6.92 Å². The number of unbranched alkanes of at least 4 members (excludes halogenated alkanes) is 4. The molecule has 0 saturated heterocycles. The van der Waals surface area contributed by atoms with Gasteiger partial charge < -0.3 is 10.5 Å². The lowest BCUT2D eigenvalue weighted by Crippen LogP contribution is -2.08. The Morgan fingerprint density at radius 1 is 1.17 bits per heavy atom. The van der Waals surface area contributed by atoms with Crippen molar-refractivity contribution >= 4 is 5.69 Å². The highest BCUT2D eigenvalue weighted by Gasteiger charge is 2.19. The maximum absolute atomic E-state index is 6.57. The first kappa shape index (κ1) is 17.7. The van der Waals surface area contributed by atoms with E-state index < -0.39 is 0 Å². The highest BCUT2D eigenvalue weighted by atomic mass is 16.5. The zero-order valence-corrected chi connectivity index (χ0v) is 14.9. The number of hydrogen-bond acceptors (Lipinski definition) is 2. The van der Waals surface area contributed by atoms with E-state index in [2.05, 4.69) is 44.2 Å². The number of nitrogen functional groups attached to an aromatic ring is 1. The summed E-state index contributed by atoms with van der Waals surface area (Å²) in [4.78, 5) is 0. The molecule has 2 heteroatoms. The van der Waals surface area contributed by atoms with E-state index in [0.717, 1.165) is 24.3 Å². The Labute approximate surface area is 141 Å². The lowest BCUT2D eigenvalue weighted by atomic mass is 9.86. The molecule has 0 bridgehead atoms. The first-order chi connectivity index (χ1) is 11.2. The molecular formula is C21H31NO. The lowest BCUT2D eigenvalue weighted by Gasteiger charge is -2.22. The van der Waals surface area contributed by atoms with E-state index in [9.17, 15) is 0 Å². The predicted octanol–water partition coefficient (Wildman–Crippen LogP) is 5.70. The number of benzene rings is 1. The third-order valence-electron chi connectivity index (χ3n) is 4.88. The average Bonchev–Trinajstić information content (AvgIpc) is 2.58. The minimum absolute atomic E-state index is 0.369. The van der Waals surface area contributed by atoms with Gasteiger partial charge in [-0.2, -0.15) is 0 Å². The molecule has 1 aliphatic rings. The van der Waals surface area contributed by atoms with Crippen molar-refractivity contribution in [1.29, 1.82) is 0 Å². The Bertz CT molecular complexity index is 572. The van der Waals surface area contributed by atoms with Gasteiger partial charge >= 0.3 is 0 Å². The van der Waals surface area contributed by atoms with Gasteiger partial charge in [-0.3, -0.25) is 0 Å². The molecule has 0 unspecified atom stereocenters. The first-order valence-electron chi connectivity index (χ1n) is 8.98.